The van der Waals surface area contributed by atoms with Crippen molar-refractivity contribution < 1.29 is 14.2 Å². The van der Waals surface area contributed by atoms with Crippen molar-refractivity contribution in [1.29, 1.82) is 0 Å². The number of halogens is 2. The van der Waals surface area contributed by atoms with Crippen LogP contribution in [0.15, 0.2) is 6.07 Å². The van der Waals surface area contributed by atoms with Crippen molar-refractivity contribution in [2.75, 3.05) is 20.2 Å². The van der Waals surface area contributed by atoms with Crippen molar-refractivity contribution >= 4 is 11.6 Å². The van der Waals surface area contributed by atoms with E-state index in [-0.39, 0.29) is 16.5 Å². The highest BCUT2D eigenvalue weighted by Gasteiger charge is 2.21. The van der Waals surface area contributed by atoms with Crippen molar-refractivity contribution in [3.63, 3.8) is 0 Å². The number of piperidine rings is 1. The third kappa shape index (κ3) is 2.70. The topological polar surface area (TPSA) is 41.5 Å². The maximum absolute atomic E-state index is 13.6. The van der Waals surface area contributed by atoms with Crippen molar-refractivity contribution in [2.24, 2.45) is 5.92 Å². The van der Waals surface area contributed by atoms with Crippen LogP contribution in [0.2, 0.25) is 5.02 Å². The largest absolute Gasteiger partial charge is 0.504 e. The van der Waals surface area contributed by atoms with Crippen LogP contribution in [-0.4, -0.2) is 25.3 Å². The number of hydrogen-bond donors (Lipinski definition) is 2. The van der Waals surface area contributed by atoms with E-state index in [1.165, 1.54) is 13.2 Å². The fourth-order valence-corrected chi connectivity index (χ4v) is 2.61. The molecule has 2 N–H and O–H groups in total. The first-order valence-electron chi connectivity index (χ1n) is 6.08. The summed E-state index contributed by atoms with van der Waals surface area (Å²) in [5.74, 6) is -0.565. The lowest BCUT2D eigenvalue weighted by molar-refractivity contribution is 0.340. The first-order valence-corrected chi connectivity index (χ1v) is 6.45. The number of phenols is 1. The zero-order valence-corrected chi connectivity index (χ0v) is 11.1. The summed E-state index contributed by atoms with van der Waals surface area (Å²) in [5, 5.41) is 13.3. The Balaban J connectivity index is 2.24. The van der Waals surface area contributed by atoms with Crippen LogP contribution in [0.1, 0.15) is 18.4 Å². The van der Waals surface area contributed by atoms with E-state index < -0.39 is 5.82 Å². The molecule has 0 bridgehead atoms. The quantitative estimate of drug-likeness (QED) is 0.890. The van der Waals surface area contributed by atoms with Crippen molar-refractivity contribution in [1.82, 2.24) is 5.32 Å². The summed E-state index contributed by atoms with van der Waals surface area (Å²) in [6.07, 6.45) is 2.90. The molecule has 2 rings (SSSR count). The molecule has 3 nitrogen and oxygen atoms in total. The molecule has 100 valence electrons. The minimum absolute atomic E-state index is 0.0107. The third-order valence-electron chi connectivity index (χ3n) is 3.34. The zero-order chi connectivity index (χ0) is 13.1. The van der Waals surface area contributed by atoms with Gasteiger partial charge in [0.2, 0.25) is 0 Å². The number of hydrogen-bond acceptors (Lipinski definition) is 3. The van der Waals surface area contributed by atoms with E-state index in [2.05, 4.69) is 5.32 Å². The van der Waals surface area contributed by atoms with E-state index in [1.807, 2.05) is 0 Å². The summed E-state index contributed by atoms with van der Waals surface area (Å²) >= 11 is 5.81. The second kappa shape index (κ2) is 5.76. The minimum atomic E-state index is -0.706. The van der Waals surface area contributed by atoms with Crippen LogP contribution in [0.4, 0.5) is 4.39 Å². The molecular formula is C13H17ClFNO2. The van der Waals surface area contributed by atoms with Crippen LogP contribution < -0.4 is 10.1 Å². The van der Waals surface area contributed by atoms with Gasteiger partial charge in [0.25, 0.3) is 0 Å². The zero-order valence-electron chi connectivity index (χ0n) is 10.3. The molecule has 5 heteroatoms. The maximum atomic E-state index is 13.6. The molecule has 0 aromatic heterocycles. The Kier molecular flexibility index (Phi) is 4.30. The van der Waals surface area contributed by atoms with Crippen molar-refractivity contribution in [3.8, 4) is 11.5 Å². The van der Waals surface area contributed by atoms with Gasteiger partial charge in [0.15, 0.2) is 17.3 Å². The number of rotatable bonds is 3. The average molecular weight is 274 g/mol. The van der Waals surface area contributed by atoms with Crippen LogP contribution in [0, 0.1) is 11.7 Å². The SMILES string of the molecule is COc1c(O)c(CC2CCCNC2)cc(Cl)c1F. The number of ether oxygens (including phenoxy) is 1. The lowest BCUT2D eigenvalue weighted by Crippen LogP contribution is -2.30. The van der Waals surface area contributed by atoms with E-state index in [4.69, 9.17) is 16.3 Å². The molecule has 1 aliphatic rings. The number of benzene rings is 1. The second-order valence-corrected chi connectivity index (χ2v) is 5.04. The van der Waals surface area contributed by atoms with E-state index in [0.29, 0.717) is 17.9 Å². The Bertz CT molecular complexity index is 433. The lowest BCUT2D eigenvalue weighted by atomic mass is 9.92. The Morgan fingerprint density at radius 2 is 2.39 bits per heavy atom. The first-order chi connectivity index (χ1) is 8.63. The predicted molar refractivity (Wildman–Crippen MR) is 68.9 cm³/mol. The number of aromatic hydroxyl groups is 1. The lowest BCUT2D eigenvalue weighted by Gasteiger charge is -2.23. The highest BCUT2D eigenvalue weighted by atomic mass is 35.5. The molecule has 1 fully saturated rings. The van der Waals surface area contributed by atoms with Gasteiger partial charge < -0.3 is 15.2 Å². The van der Waals surface area contributed by atoms with Gasteiger partial charge in [-0.2, -0.15) is 0 Å². The highest BCUT2D eigenvalue weighted by molar-refractivity contribution is 6.31. The van der Waals surface area contributed by atoms with Gasteiger partial charge in [0.1, 0.15) is 0 Å². The summed E-state index contributed by atoms with van der Waals surface area (Å²) in [7, 11) is 1.32. The van der Waals surface area contributed by atoms with Gasteiger partial charge in [0.05, 0.1) is 12.1 Å². The smallest absolute Gasteiger partial charge is 0.198 e. The summed E-state index contributed by atoms with van der Waals surface area (Å²) < 4.78 is 18.5. The molecule has 18 heavy (non-hydrogen) atoms. The Morgan fingerprint density at radius 1 is 1.61 bits per heavy atom. The van der Waals surface area contributed by atoms with E-state index >= 15 is 0 Å². The van der Waals surface area contributed by atoms with Gasteiger partial charge in [-0.25, -0.2) is 4.39 Å². The molecule has 1 aromatic carbocycles. The van der Waals surface area contributed by atoms with Crippen LogP contribution in [-0.2, 0) is 6.42 Å². The van der Waals surface area contributed by atoms with Gasteiger partial charge in [-0.05, 0) is 49.9 Å². The number of phenolic OH excluding ortho intramolecular Hbond substituents is 1. The summed E-state index contributed by atoms with van der Waals surface area (Å²) in [5.41, 5.74) is 0.645. The molecule has 1 aromatic rings. The summed E-state index contributed by atoms with van der Waals surface area (Å²) in [6, 6.07) is 1.49. The molecule has 0 saturated carbocycles. The number of nitrogens with one attached hydrogen (secondary N) is 1. The summed E-state index contributed by atoms with van der Waals surface area (Å²) in [6.45, 7) is 1.95. The fourth-order valence-electron chi connectivity index (χ4n) is 2.39. The maximum Gasteiger partial charge on any atom is 0.198 e. The van der Waals surface area contributed by atoms with Gasteiger partial charge in [-0.3, -0.25) is 0 Å². The van der Waals surface area contributed by atoms with Crippen LogP contribution in [0.3, 0.4) is 0 Å². The Morgan fingerprint density at radius 3 is 3.00 bits per heavy atom. The molecule has 1 saturated heterocycles. The molecule has 0 spiro atoms. The van der Waals surface area contributed by atoms with E-state index in [9.17, 15) is 9.50 Å². The monoisotopic (exact) mass is 273 g/mol. The molecule has 0 aliphatic carbocycles. The van der Waals surface area contributed by atoms with Crippen LogP contribution >= 0.6 is 11.6 Å². The number of methoxy groups -OCH3 is 1. The molecule has 1 atom stereocenters. The molecule has 0 radical (unpaired) electrons. The molecule has 1 heterocycles. The highest BCUT2D eigenvalue weighted by Crippen LogP contribution is 2.38. The normalized spacial score (nSPS) is 19.8. The van der Waals surface area contributed by atoms with E-state index in [0.717, 1.165) is 25.9 Å². The first kappa shape index (κ1) is 13.4. The molecule has 1 aliphatic heterocycles. The standard InChI is InChI=1S/C13H17ClFNO2/c1-18-13-11(15)10(14)6-9(12(13)17)5-8-3-2-4-16-7-8/h6,8,16-17H,2-5,7H2,1H3. The van der Waals surface area contributed by atoms with Gasteiger partial charge in [-0.15, -0.1) is 0 Å². The average Bonchev–Trinajstić information content (AvgIpc) is 2.38. The Hall–Kier alpha value is -1.00. The Labute approximate surface area is 111 Å². The van der Waals surface area contributed by atoms with Gasteiger partial charge in [-0.1, -0.05) is 11.6 Å². The minimum Gasteiger partial charge on any atom is -0.504 e. The van der Waals surface area contributed by atoms with Crippen molar-refractivity contribution in [3.05, 3.63) is 22.5 Å². The molecule has 1 unspecified atom stereocenters. The molecule has 0 amide bonds. The van der Waals surface area contributed by atoms with Gasteiger partial charge in [0, 0.05) is 0 Å². The van der Waals surface area contributed by atoms with Crippen molar-refractivity contribution in [2.45, 2.75) is 19.3 Å². The predicted octanol–water partition coefficient (Wildman–Crippen LogP) is 2.74. The third-order valence-corrected chi connectivity index (χ3v) is 3.62. The molecular weight excluding hydrogens is 257 g/mol. The van der Waals surface area contributed by atoms with Gasteiger partial charge >= 0.3 is 0 Å². The summed E-state index contributed by atoms with van der Waals surface area (Å²) in [4.78, 5) is 0. The van der Waals surface area contributed by atoms with Crippen LogP contribution in [0.5, 0.6) is 11.5 Å². The van der Waals surface area contributed by atoms with E-state index in [1.54, 1.807) is 0 Å². The fraction of sp³-hybridized carbons (Fsp3) is 0.538. The second-order valence-electron chi connectivity index (χ2n) is 4.63. The van der Waals surface area contributed by atoms with Crippen LogP contribution in [0.25, 0.3) is 0 Å².